The Morgan fingerprint density at radius 3 is 2.75 bits per heavy atom. The molecule has 0 spiro atoms. The normalized spacial score (nSPS) is 12.4. The standard InChI is InChI=1S/C12H11ClO2S/c1-15-10-5-3-2-4-9(10)12(14)11-6-8(13)7-16-11/h2-7,12,14H,1H3. The summed E-state index contributed by atoms with van der Waals surface area (Å²) in [5.41, 5.74) is 0.753. The molecule has 1 heterocycles. The quantitative estimate of drug-likeness (QED) is 0.909. The van der Waals surface area contributed by atoms with Gasteiger partial charge in [0, 0.05) is 15.8 Å². The molecular formula is C12H11ClO2S. The van der Waals surface area contributed by atoms with Gasteiger partial charge >= 0.3 is 0 Å². The van der Waals surface area contributed by atoms with E-state index in [4.69, 9.17) is 16.3 Å². The lowest BCUT2D eigenvalue weighted by molar-refractivity contribution is 0.218. The summed E-state index contributed by atoms with van der Waals surface area (Å²) < 4.78 is 5.21. The zero-order valence-electron chi connectivity index (χ0n) is 8.68. The molecule has 0 bridgehead atoms. The van der Waals surface area contributed by atoms with Crippen molar-refractivity contribution in [3.63, 3.8) is 0 Å². The van der Waals surface area contributed by atoms with Crippen molar-refractivity contribution in [2.45, 2.75) is 6.10 Å². The van der Waals surface area contributed by atoms with Gasteiger partial charge in [0.1, 0.15) is 11.9 Å². The minimum atomic E-state index is -0.686. The van der Waals surface area contributed by atoms with Gasteiger partial charge in [0.05, 0.1) is 12.1 Å². The predicted molar refractivity (Wildman–Crippen MR) is 66.4 cm³/mol. The predicted octanol–water partition coefficient (Wildman–Crippen LogP) is 3.49. The van der Waals surface area contributed by atoms with Gasteiger partial charge in [-0.1, -0.05) is 29.8 Å². The number of para-hydroxylation sites is 1. The summed E-state index contributed by atoms with van der Waals surface area (Å²) in [5, 5.41) is 12.6. The summed E-state index contributed by atoms with van der Waals surface area (Å²) in [5.74, 6) is 0.680. The molecule has 16 heavy (non-hydrogen) atoms. The SMILES string of the molecule is COc1ccccc1C(O)c1cc(Cl)cs1. The van der Waals surface area contributed by atoms with Crippen LogP contribution in [0, 0.1) is 0 Å². The lowest BCUT2D eigenvalue weighted by Crippen LogP contribution is -2.00. The molecule has 0 radical (unpaired) electrons. The van der Waals surface area contributed by atoms with E-state index in [-0.39, 0.29) is 0 Å². The van der Waals surface area contributed by atoms with Crippen LogP contribution in [-0.4, -0.2) is 12.2 Å². The fourth-order valence-corrected chi connectivity index (χ4v) is 2.60. The summed E-state index contributed by atoms with van der Waals surface area (Å²) in [6.07, 6.45) is -0.686. The highest BCUT2D eigenvalue weighted by molar-refractivity contribution is 7.10. The van der Waals surface area contributed by atoms with Gasteiger partial charge in [0.15, 0.2) is 0 Å². The van der Waals surface area contributed by atoms with E-state index >= 15 is 0 Å². The van der Waals surface area contributed by atoms with Crippen molar-refractivity contribution in [3.05, 3.63) is 51.2 Å². The fraction of sp³-hybridized carbons (Fsp3) is 0.167. The number of halogens is 1. The first-order valence-electron chi connectivity index (χ1n) is 4.77. The number of thiophene rings is 1. The van der Waals surface area contributed by atoms with E-state index in [1.54, 1.807) is 18.6 Å². The zero-order valence-corrected chi connectivity index (χ0v) is 10.3. The van der Waals surface area contributed by atoms with Crippen LogP contribution >= 0.6 is 22.9 Å². The van der Waals surface area contributed by atoms with E-state index in [0.29, 0.717) is 10.8 Å². The molecule has 2 aromatic rings. The molecule has 0 aliphatic rings. The summed E-state index contributed by atoms with van der Waals surface area (Å²) in [6.45, 7) is 0. The van der Waals surface area contributed by atoms with Crippen molar-refractivity contribution in [2.75, 3.05) is 7.11 Å². The maximum atomic E-state index is 10.2. The number of hydrogen-bond acceptors (Lipinski definition) is 3. The lowest BCUT2D eigenvalue weighted by atomic mass is 10.1. The molecule has 2 rings (SSSR count). The third kappa shape index (κ3) is 2.21. The van der Waals surface area contributed by atoms with Gasteiger partial charge in [-0.25, -0.2) is 0 Å². The number of rotatable bonds is 3. The molecule has 1 unspecified atom stereocenters. The molecule has 84 valence electrons. The summed E-state index contributed by atoms with van der Waals surface area (Å²) >= 11 is 7.27. The van der Waals surface area contributed by atoms with E-state index in [9.17, 15) is 5.11 Å². The van der Waals surface area contributed by atoms with Gasteiger partial charge in [-0.2, -0.15) is 0 Å². The molecule has 0 amide bonds. The Bertz CT molecular complexity index is 481. The molecule has 0 aliphatic carbocycles. The minimum absolute atomic E-state index is 0.647. The molecule has 1 aromatic carbocycles. The van der Waals surface area contributed by atoms with Crippen LogP contribution in [0.5, 0.6) is 5.75 Å². The van der Waals surface area contributed by atoms with E-state index in [1.165, 1.54) is 11.3 Å². The van der Waals surface area contributed by atoms with Crippen LogP contribution < -0.4 is 4.74 Å². The number of methoxy groups -OCH3 is 1. The van der Waals surface area contributed by atoms with Gasteiger partial charge in [-0.05, 0) is 12.1 Å². The average molecular weight is 255 g/mol. The second-order valence-corrected chi connectivity index (χ2v) is 4.69. The smallest absolute Gasteiger partial charge is 0.125 e. The molecule has 0 saturated heterocycles. The van der Waals surface area contributed by atoms with Crippen LogP contribution in [-0.2, 0) is 0 Å². The number of aliphatic hydroxyl groups is 1. The van der Waals surface area contributed by atoms with Crippen molar-refractivity contribution >= 4 is 22.9 Å². The molecule has 1 aromatic heterocycles. The Balaban J connectivity index is 2.36. The second-order valence-electron chi connectivity index (χ2n) is 3.31. The van der Waals surface area contributed by atoms with Crippen LogP contribution in [0.15, 0.2) is 35.7 Å². The first-order valence-corrected chi connectivity index (χ1v) is 6.03. The molecule has 2 nitrogen and oxygen atoms in total. The summed E-state index contributed by atoms with van der Waals surface area (Å²) in [7, 11) is 1.59. The highest BCUT2D eigenvalue weighted by Gasteiger charge is 2.16. The largest absolute Gasteiger partial charge is 0.496 e. The van der Waals surface area contributed by atoms with Gasteiger partial charge in [-0.3, -0.25) is 0 Å². The van der Waals surface area contributed by atoms with Crippen LogP contribution in [0.4, 0.5) is 0 Å². The first-order chi connectivity index (χ1) is 7.72. The third-order valence-corrected chi connectivity index (χ3v) is 3.62. The van der Waals surface area contributed by atoms with E-state index in [2.05, 4.69) is 0 Å². The number of ether oxygens (including phenoxy) is 1. The highest BCUT2D eigenvalue weighted by atomic mass is 35.5. The Kier molecular flexibility index (Phi) is 3.49. The molecule has 1 atom stereocenters. The van der Waals surface area contributed by atoms with Crippen molar-refractivity contribution in [1.29, 1.82) is 0 Å². The minimum Gasteiger partial charge on any atom is -0.496 e. The summed E-state index contributed by atoms with van der Waals surface area (Å²) in [6, 6.07) is 9.18. The maximum Gasteiger partial charge on any atom is 0.125 e. The van der Waals surface area contributed by atoms with Crippen molar-refractivity contribution in [1.82, 2.24) is 0 Å². The zero-order chi connectivity index (χ0) is 11.5. The first kappa shape index (κ1) is 11.5. The topological polar surface area (TPSA) is 29.5 Å². The average Bonchev–Trinajstić information content (AvgIpc) is 2.75. The molecule has 0 fully saturated rings. The van der Waals surface area contributed by atoms with E-state index in [0.717, 1.165) is 10.4 Å². The second kappa shape index (κ2) is 4.87. The van der Waals surface area contributed by atoms with Gasteiger partial charge in [0.2, 0.25) is 0 Å². The Labute approximate surface area is 103 Å². The fourth-order valence-electron chi connectivity index (χ4n) is 1.52. The van der Waals surface area contributed by atoms with Crippen molar-refractivity contribution < 1.29 is 9.84 Å². The molecule has 4 heteroatoms. The van der Waals surface area contributed by atoms with Crippen LogP contribution in [0.1, 0.15) is 16.5 Å². The Morgan fingerprint density at radius 1 is 1.38 bits per heavy atom. The van der Waals surface area contributed by atoms with Crippen molar-refractivity contribution in [3.8, 4) is 5.75 Å². The number of hydrogen-bond donors (Lipinski definition) is 1. The molecule has 0 aliphatic heterocycles. The van der Waals surface area contributed by atoms with Crippen LogP contribution in [0.25, 0.3) is 0 Å². The highest BCUT2D eigenvalue weighted by Crippen LogP contribution is 2.33. The Morgan fingerprint density at radius 2 is 2.12 bits per heavy atom. The van der Waals surface area contributed by atoms with Gasteiger partial charge in [-0.15, -0.1) is 11.3 Å². The monoisotopic (exact) mass is 254 g/mol. The Hall–Kier alpha value is -1.03. The molecule has 0 saturated carbocycles. The van der Waals surface area contributed by atoms with Gasteiger partial charge < -0.3 is 9.84 Å². The lowest BCUT2D eigenvalue weighted by Gasteiger charge is -2.12. The van der Waals surface area contributed by atoms with Crippen LogP contribution in [0.2, 0.25) is 5.02 Å². The van der Waals surface area contributed by atoms with E-state index in [1.807, 2.05) is 24.3 Å². The number of benzene rings is 1. The molecular weight excluding hydrogens is 244 g/mol. The summed E-state index contributed by atoms with van der Waals surface area (Å²) in [4.78, 5) is 0.814. The third-order valence-electron chi connectivity index (χ3n) is 2.29. The van der Waals surface area contributed by atoms with Gasteiger partial charge in [0.25, 0.3) is 0 Å². The van der Waals surface area contributed by atoms with Crippen molar-refractivity contribution in [2.24, 2.45) is 0 Å². The maximum absolute atomic E-state index is 10.2. The number of aliphatic hydroxyl groups excluding tert-OH is 1. The molecule has 1 N–H and O–H groups in total. The van der Waals surface area contributed by atoms with Crippen LogP contribution in [0.3, 0.4) is 0 Å². The van der Waals surface area contributed by atoms with E-state index < -0.39 is 6.10 Å².